The smallest absolute Gasteiger partial charge is 0.264 e. The quantitative estimate of drug-likeness (QED) is 0.165. The van der Waals surface area contributed by atoms with Gasteiger partial charge in [0.15, 0.2) is 0 Å². The molecule has 0 radical (unpaired) electrons. The molecule has 0 unspecified atom stereocenters. The Labute approximate surface area is 282 Å². The van der Waals surface area contributed by atoms with E-state index in [0.29, 0.717) is 12.4 Å². The Hall–Kier alpha value is -4.70. The molecule has 1 fully saturated rings. The average molecular weight is 672 g/mol. The van der Waals surface area contributed by atoms with E-state index in [-0.39, 0.29) is 35.5 Å². The predicted molar refractivity (Wildman–Crippen MR) is 184 cm³/mol. The summed E-state index contributed by atoms with van der Waals surface area (Å²) in [7, 11) is -4.32. The van der Waals surface area contributed by atoms with E-state index in [2.05, 4.69) is 5.32 Å². The van der Waals surface area contributed by atoms with Gasteiger partial charge in [-0.3, -0.25) is 13.9 Å². The van der Waals surface area contributed by atoms with Crippen molar-refractivity contribution in [1.82, 2.24) is 10.2 Å². The van der Waals surface area contributed by atoms with Gasteiger partial charge in [0.25, 0.3) is 10.0 Å². The topological polar surface area (TPSA) is 96.0 Å². The number of nitrogens with one attached hydrogen (secondary N) is 1. The fourth-order valence-corrected chi connectivity index (χ4v) is 7.43. The third-order valence-electron chi connectivity index (χ3n) is 8.53. The van der Waals surface area contributed by atoms with Crippen LogP contribution in [0.25, 0.3) is 0 Å². The molecule has 2 amide bonds. The van der Waals surface area contributed by atoms with Crippen molar-refractivity contribution in [1.29, 1.82) is 0 Å². The summed E-state index contributed by atoms with van der Waals surface area (Å²) in [6.07, 6.45) is 5.15. The summed E-state index contributed by atoms with van der Waals surface area (Å²) < 4.78 is 48.9. The summed E-state index contributed by atoms with van der Waals surface area (Å²) in [5.74, 6) is -0.894. The highest BCUT2D eigenvalue weighted by atomic mass is 32.2. The number of ether oxygens (including phenoxy) is 1. The molecule has 1 saturated carbocycles. The molecule has 1 N–H and O–H groups in total. The second-order valence-corrected chi connectivity index (χ2v) is 13.8. The molecule has 1 aliphatic carbocycles. The lowest BCUT2D eigenvalue weighted by Gasteiger charge is -2.35. The molecule has 0 bridgehead atoms. The molecule has 0 aliphatic heterocycles. The predicted octanol–water partition coefficient (Wildman–Crippen LogP) is 6.51. The van der Waals surface area contributed by atoms with Crippen molar-refractivity contribution < 1.29 is 27.1 Å². The second kappa shape index (κ2) is 16.4. The van der Waals surface area contributed by atoms with Crippen LogP contribution >= 0.6 is 0 Å². The molecule has 0 heterocycles. The Morgan fingerprint density at radius 3 is 2.04 bits per heavy atom. The van der Waals surface area contributed by atoms with Crippen LogP contribution in [0.1, 0.15) is 50.2 Å². The van der Waals surface area contributed by atoms with E-state index in [1.807, 2.05) is 67.6 Å². The average Bonchev–Trinajstić information content (AvgIpc) is 3.11. The minimum absolute atomic E-state index is 0.00829. The number of rotatable bonds is 14. The zero-order chi connectivity index (χ0) is 33.9. The molecule has 0 aromatic heterocycles. The van der Waals surface area contributed by atoms with E-state index in [1.165, 1.54) is 29.2 Å². The third-order valence-corrected chi connectivity index (χ3v) is 10.3. The van der Waals surface area contributed by atoms with Crippen LogP contribution in [0.15, 0.2) is 114 Å². The molecule has 48 heavy (non-hydrogen) atoms. The highest BCUT2D eigenvalue weighted by Gasteiger charge is 2.35. The second-order valence-electron chi connectivity index (χ2n) is 11.9. The summed E-state index contributed by atoms with van der Waals surface area (Å²) in [6, 6.07) is 28.8. The van der Waals surface area contributed by atoms with E-state index in [9.17, 15) is 22.4 Å². The molecule has 10 heteroatoms. The maximum atomic E-state index is 14.6. The van der Waals surface area contributed by atoms with Crippen molar-refractivity contribution in [3.8, 4) is 5.75 Å². The highest BCUT2D eigenvalue weighted by molar-refractivity contribution is 7.92. The third kappa shape index (κ3) is 9.01. The van der Waals surface area contributed by atoms with Crippen molar-refractivity contribution in [3.63, 3.8) is 0 Å². The van der Waals surface area contributed by atoms with Crippen LogP contribution in [-0.4, -0.2) is 50.4 Å². The van der Waals surface area contributed by atoms with Gasteiger partial charge in [-0.25, -0.2) is 12.8 Å². The van der Waals surface area contributed by atoms with Crippen LogP contribution in [0.3, 0.4) is 0 Å². The number of carbonyl (C=O) groups is 2. The van der Waals surface area contributed by atoms with Crippen molar-refractivity contribution in [2.24, 2.45) is 0 Å². The first-order valence-corrected chi connectivity index (χ1v) is 17.9. The fourth-order valence-electron chi connectivity index (χ4n) is 6.02. The summed E-state index contributed by atoms with van der Waals surface area (Å²) in [4.78, 5) is 30.2. The number of amides is 2. The minimum atomic E-state index is -4.32. The molecule has 0 spiro atoms. The number of halogens is 1. The van der Waals surface area contributed by atoms with E-state index < -0.39 is 34.3 Å². The number of benzene rings is 4. The standard InChI is InChI=1S/C38H42FN3O5S/c1-2-47-34-22-24-35(25-23-34)48(45,46)42(33-20-18-31(39)19-21-33)28-37(43)41(27-30-14-8-4-9-15-30)36(26-29-12-6-3-7-13-29)38(44)40-32-16-10-5-11-17-32/h3-4,6-9,12-15,18-25,32,36H,2,5,10-11,16-17,26-28H2,1H3,(H,40,44)/t36-/m0/s1. The Bertz CT molecular complexity index is 1730. The van der Waals surface area contributed by atoms with Crippen LogP contribution in [0.2, 0.25) is 0 Å². The summed E-state index contributed by atoms with van der Waals surface area (Å²) in [6.45, 7) is 1.71. The van der Waals surface area contributed by atoms with Crippen molar-refractivity contribution >= 4 is 27.5 Å². The first kappa shape index (κ1) is 34.6. The molecule has 8 nitrogen and oxygen atoms in total. The number of hydrogen-bond donors (Lipinski definition) is 1. The van der Waals surface area contributed by atoms with Crippen LogP contribution in [0, 0.1) is 5.82 Å². The molecule has 4 aromatic carbocycles. The van der Waals surface area contributed by atoms with Gasteiger partial charge in [0.05, 0.1) is 17.2 Å². The largest absolute Gasteiger partial charge is 0.494 e. The van der Waals surface area contributed by atoms with E-state index in [4.69, 9.17) is 4.74 Å². The zero-order valence-electron chi connectivity index (χ0n) is 27.1. The Balaban J connectivity index is 1.54. The Morgan fingerprint density at radius 1 is 0.833 bits per heavy atom. The van der Waals surface area contributed by atoms with Crippen molar-refractivity contribution in [2.75, 3.05) is 17.5 Å². The summed E-state index contributed by atoms with van der Waals surface area (Å²) in [5, 5.41) is 3.21. The van der Waals surface area contributed by atoms with E-state index >= 15 is 0 Å². The summed E-state index contributed by atoms with van der Waals surface area (Å²) in [5.41, 5.74) is 1.77. The molecule has 1 atom stereocenters. The number of anilines is 1. The minimum Gasteiger partial charge on any atom is -0.494 e. The van der Waals surface area contributed by atoms with Gasteiger partial charge in [0.1, 0.15) is 24.2 Å². The molecule has 0 saturated heterocycles. The summed E-state index contributed by atoms with van der Waals surface area (Å²) >= 11 is 0. The maximum Gasteiger partial charge on any atom is 0.264 e. The van der Waals surface area contributed by atoms with Gasteiger partial charge in [-0.05, 0) is 79.4 Å². The van der Waals surface area contributed by atoms with Crippen molar-refractivity contribution in [2.45, 2.75) is 69.0 Å². The lowest BCUT2D eigenvalue weighted by atomic mass is 9.94. The van der Waals surface area contributed by atoms with Gasteiger partial charge < -0.3 is 15.0 Å². The Kier molecular flexibility index (Phi) is 11.8. The number of nitrogens with zero attached hydrogens (tertiary/aromatic N) is 2. The van der Waals surface area contributed by atoms with Gasteiger partial charge in [-0.15, -0.1) is 0 Å². The van der Waals surface area contributed by atoms with Gasteiger partial charge in [-0.2, -0.15) is 0 Å². The number of carbonyl (C=O) groups excluding carboxylic acids is 2. The van der Waals surface area contributed by atoms with Crippen molar-refractivity contribution in [3.05, 3.63) is 126 Å². The Morgan fingerprint density at radius 2 is 1.44 bits per heavy atom. The monoisotopic (exact) mass is 671 g/mol. The maximum absolute atomic E-state index is 14.6. The first-order chi connectivity index (χ1) is 23.2. The van der Waals surface area contributed by atoms with Crippen LogP contribution in [0.4, 0.5) is 10.1 Å². The van der Waals surface area contributed by atoms with Crippen LogP contribution in [-0.2, 0) is 32.6 Å². The molecular weight excluding hydrogens is 629 g/mol. The molecule has 1 aliphatic rings. The van der Waals surface area contributed by atoms with E-state index in [0.717, 1.165) is 59.7 Å². The highest BCUT2D eigenvalue weighted by Crippen LogP contribution is 2.27. The zero-order valence-corrected chi connectivity index (χ0v) is 27.9. The van der Waals surface area contributed by atoms with Gasteiger partial charge >= 0.3 is 0 Å². The molecule has 252 valence electrons. The fraction of sp³-hybridized carbons (Fsp3) is 0.316. The number of sulfonamides is 1. The van der Waals surface area contributed by atoms with Gasteiger partial charge in [0.2, 0.25) is 11.8 Å². The lowest BCUT2D eigenvalue weighted by molar-refractivity contribution is -0.140. The molecular formula is C38H42FN3O5S. The van der Waals surface area contributed by atoms with Crippen LogP contribution < -0.4 is 14.4 Å². The van der Waals surface area contributed by atoms with E-state index in [1.54, 1.807) is 12.1 Å². The molecule has 4 aromatic rings. The van der Waals surface area contributed by atoms with Crippen LogP contribution in [0.5, 0.6) is 5.75 Å². The SMILES string of the molecule is CCOc1ccc(S(=O)(=O)N(CC(=O)N(Cc2ccccc2)[C@@H](Cc2ccccc2)C(=O)NC2CCCCC2)c2ccc(F)cc2)cc1. The lowest BCUT2D eigenvalue weighted by Crippen LogP contribution is -2.55. The molecule has 5 rings (SSSR count). The van der Waals surface area contributed by atoms with Gasteiger partial charge in [0, 0.05) is 19.0 Å². The first-order valence-electron chi connectivity index (χ1n) is 16.4. The van der Waals surface area contributed by atoms with Gasteiger partial charge in [-0.1, -0.05) is 79.9 Å². The normalized spacial score (nSPS) is 14.1. The number of hydrogen-bond acceptors (Lipinski definition) is 5.